The number of nitriles is 2. The van der Waals surface area contributed by atoms with Gasteiger partial charge in [0.25, 0.3) is 0 Å². The van der Waals surface area contributed by atoms with Crippen LogP contribution >= 0.6 is 11.8 Å². The molecule has 10 heteroatoms. The van der Waals surface area contributed by atoms with Gasteiger partial charge in [-0.15, -0.1) is 11.8 Å². The van der Waals surface area contributed by atoms with Crippen LogP contribution in [0.3, 0.4) is 0 Å². The standard InChI is InChI=1S/C30H40N6O3S/c1-19(2)7-12-24-25(15-31)28(36(6)13-14-39-30(38)27(33)20(3)4)35-29(26(24)16-32)40-18-23-10-8-22(9-11-23)17-34-21(5)37/h8-11,19-20,27H,7,12-14,17-18,33H2,1-6H3,(H,34,37)/t27-/m0/s1. The second kappa shape index (κ2) is 15.9. The number of hydrogen-bond donors (Lipinski definition) is 2. The van der Waals surface area contributed by atoms with Gasteiger partial charge in [0.05, 0.1) is 17.7 Å². The van der Waals surface area contributed by atoms with Gasteiger partial charge in [0.1, 0.15) is 35.6 Å². The Labute approximate surface area is 242 Å². The predicted octanol–water partition coefficient (Wildman–Crippen LogP) is 4.30. The summed E-state index contributed by atoms with van der Waals surface area (Å²) in [5.74, 6) is 0.843. The van der Waals surface area contributed by atoms with Crippen molar-refractivity contribution >= 4 is 29.5 Å². The Morgan fingerprint density at radius 2 is 1.73 bits per heavy atom. The van der Waals surface area contributed by atoms with Crippen molar-refractivity contribution in [3.63, 3.8) is 0 Å². The van der Waals surface area contributed by atoms with E-state index in [1.54, 1.807) is 11.9 Å². The topological polar surface area (TPSA) is 145 Å². The summed E-state index contributed by atoms with van der Waals surface area (Å²) in [6, 6.07) is 11.8. The summed E-state index contributed by atoms with van der Waals surface area (Å²) in [7, 11) is 1.79. The quantitative estimate of drug-likeness (QED) is 0.253. The normalized spacial score (nSPS) is 11.6. The molecule has 2 rings (SSSR count). The van der Waals surface area contributed by atoms with E-state index in [0.717, 1.165) is 17.5 Å². The highest BCUT2D eigenvalue weighted by atomic mass is 32.2. The second-order valence-electron chi connectivity index (χ2n) is 10.5. The van der Waals surface area contributed by atoms with E-state index in [0.29, 0.717) is 58.7 Å². The molecule has 1 amide bonds. The van der Waals surface area contributed by atoms with Gasteiger partial charge in [0.2, 0.25) is 5.91 Å². The Morgan fingerprint density at radius 1 is 1.10 bits per heavy atom. The van der Waals surface area contributed by atoms with E-state index >= 15 is 0 Å². The van der Waals surface area contributed by atoms with Crippen LogP contribution in [0.5, 0.6) is 0 Å². The zero-order valence-electron chi connectivity index (χ0n) is 24.3. The maximum absolute atomic E-state index is 12.2. The van der Waals surface area contributed by atoms with Crippen LogP contribution in [0.4, 0.5) is 5.82 Å². The number of carbonyl (C=O) groups is 2. The SMILES string of the molecule is CC(=O)NCc1ccc(CSc2nc(N(C)CCOC(=O)[C@@H](N)C(C)C)c(C#N)c(CCC(C)C)c2C#N)cc1. The summed E-state index contributed by atoms with van der Waals surface area (Å²) < 4.78 is 5.36. The van der Waals surface area contributed by atoms with Gasteiger partial charge in [-0.3, -0.25) is 9.59 Å². The van der Waals surface area contributed by atoms with E-state index in [9.17, 15) is 20.1 Å². The van der Waals surface area contributed by atoms with Crippen molar-refractivity contribution in [3.05, 3.63) is 52.1 Å². The van der Waals surface area contributed by atoms with E-state index in [1.165, 1.54) is 18.7 Å². The summed E-state index contributed by atoms with van der Waals surface area (Å²) in [5.41, 5.74) is 9.42. The summed E-state index contributed by atoms with van der Waals surface area (Å²) in [4.78, 5) is 29.9. The monoisotopic (exact) mass is 564 g/mol. The molecule has 1 atom stereocenters. The van der Waals surface area contributed by atoms with Gasteiger partial charge in [-0.05, 0) is 41.4 Å². The lowest BCUT2D eigenvalue weighted by molar-refractivity contribution is -0.146. The average molecular weight is 565 g/mol. The van der Waals surface area contributed by atoms with E-state index < -0.39 is 12.0 Å². The molecule has 214 valence electrons. The number of nitrogens with one attached hydrogen (secondary N) is 1. The minimum atomic E-state index is -0.696. The van der Waals surface area contributed by atoms with Crippen molar-refractivity contribution in [2.24, 2.45) is 17.6 Å². The fourth-order valence-corrected chi connectivity index (χ4v) is 4.74. The first-order chi connectivity index (χ1) is 19.0. The minimum absolute atomic E-state index is 0.0351. The van der Waals surface area contributed by atoms with Crippen LogP contribution in [0.2, 0.25) is 0 Å². The van der Waals surface area contributed by atoms with Crippen LogP contribution in [0.1, 0.15) is 68.9 Å². The van der Waals surface area contributed by atoms with Crippen molar-refractivity contribution in [2.45, 2.75) is 70.8 Å². The lowest BCUT2D eigenvalue weighted by atomic mass is 9.96. The van der Waals surface area contributed by atoms with Crippen LogP contribution in [0.25, 0.3) is 0 Å². The third kappa shape index (κ3) is 9.55. The molecule has 0 aliphatic rings. The molecule has 0 bridgehead atoms. The first-order valence-corrected chi connectivity index (χ1v) is 14.4. The van der Waals surface area contributed by atoms with Crippen LogP contribution < -0.4 is 16.0 Å². The number of esters is 1. The minimum Gasteiger partial charge on any atom is -0.463 e. The number of ether oxygens (including phenoxy) is 1. The number of carbonyl (C=O) groups excluding carboxylic acids is 2. The molecule has 1 aromatic carbocycles. The number of benzene rings is 1. The number of rotatable bonds is 14. The Balaban J connectivity index is 2.33. The molecule has 0 aliphatic heterocycles. The number of likely N-dealkylation sites (N-methyl/N-ethyl adjacent to an activating group) is 1. The van der Waals surface area contributed by atoms with Gasteiger partial charge in [-0.25, -0.2) is 4.98 Å². The number of hydrogen-bond acceptors (Lipinski definition) is 9. The fraction of sp³-hybridized carbons (Fsp3) is 0.500. The Hall–Kier alpha value is -3.60. The van der Waals surface area contributed by atoms with E-state index in [4.69, 9.17) is 15.5 Å². The third-order valence-electron chi connectivity index (χ3n) is 6.41. The molecular weight excluding hydrogens is 524 g/mol. The number of nitrogens with zero attached hydrogens (tertiary/aromatic N) is 4. The van der Waals surface area contributed by atoms with Crippen molar-refractivity contribution < 1.29 is 14.3 Å². The molecule has 9 nitrogen and oxygen atoms in total. The van der Waals surface area contributed by atoms with Gasteiger partial charge >= 0.3 is 5.97 Å². The van der Waals surface area contributed by atoms with Gasteiger partial charge in [0.15, 0.2) is 0 Å². The highest BCUT2D eigenvalue weighted by Gasteiger charge is 2.23. The molecule has 0 saturated heterocycles. The fourth-order valence-electron chi connectivity index (χ4n) is 3.78. The molecule has 2 aromatic rings. The molecule has 1 heterocycles. The van der Waals surface area contributed by atoms with Crippen molar-refractivity contribution in [1.29, 1.82) is 10.5 Å². The van der Waals surface area contributed by atoms with Gasteiger partial charge in [-0.2, -0.15) is 10.5 Å². The lowest BCUT2D eigenvalue weighted by Crippen LogP contribution is -2.38. The van der Waals surface area contributed by atoms with Gasteiger partial charge < -0.3 is 20.7 Å². The van der Waals surface area contributed by atoms with E-state index in [-0.39, 0.29) is 18.4 Å². The van der Waals surface area contributed by atoms with E-state index in [2.05, 4.69) is 31.3 Å². The number of amides is 1. The molecule has 0 unspecified atom stereocenters. The first-order valence-electron chi connectivity index (χ1n) is 13.4. The number of thioether (sulfide) groups is 1. The van der Waals surface area contributed by atoms with Crippen LogP contribution in [0, 0.1) is 34.5 Å². The zero-order valence-corrected chi connectivity index (χ0v) is 25.1. The van der Waals surface area contributed by atoms with Crippen LogP contribution in [0.15, 0.2) is 29.3 Å². The largest absolute Gasteiger partial charge is 0.463 e. The molecule has 0 radical (unpaired) electrons. The van der Waals surface area contributed by atoms with Crippen molar-refractivity contribution in [2.75, 3.05) is 25.1 Å². The van der Waals surface area contributed by atoms with Crippen LogP contribution in [-0.4, -0.2) is 43.1 Å². The van der Waals surface area contributed by atoms with Gasteiger partial charge in [0, 0.05) is 26.3 Å². The summed E-state index contributed by atoms with van der Waals surface area (Å²) in [6.45, 7) is 10.3. The highest BCUT2D eigenvalue weighted by molar-refractivity contribution is 7.98. The third-order valence-corrected chi connectivity index (χ3v) is 7.45. The van der Waals surface area contributed by atoms with Crippen LogP contribution in [-0.2, 0) is 33.0 Å². The smallest absolute Gasteiger partial charge is 0.323 e. The maximum Gasteiger partial charge on any atom is 0.323 e. The Bertz CT molecular complexity index is 1250. The molecule has 0 aliphatic carbocycles. The molecule has 1 aromatic heterocycles. The zero-order chi connectivity index (χ0) is 29.8. The molecular formula is C30H40N6O3S. The molecule has 3 N–H and O–H groups in total. The average Bonchev–Trinajstić information content (AvgIpc) is 2.92. The number of anilines is 1. The Morgan fingerprint density at radius 3 is 2.27 bits per heavy atom. The number of aromatic nitrogens is 1. The molecule has 40 heavy (non-hydrogen) atoms. The summed E-state index contributed by atoms with van der Waals surface area (Å²) >= 11 is 1.44. The summed E-state index contributed by atoms with van der Waals surface area (Å²) in [6.07, 6.45) is 1.40. The van der Waals surface area contributed by atoms with Crippen molar-refractivity contribution in [3.8, 4) is 12.1 Å². The number of nitrogens with two attached hydrogens (primary N) is 1. The first kappa shape index (κ1) is 32.6. The molecule has 0 spiro atoms. The molecule has 0 fully saturated rings. The lowest BCUT2D eigenvalue weighted by Gasteiger charge is -2.23. The Kier molecular flexibility index (Phi) is 12.9. The van der Waals surface area contributed by atoms with E-state index in [1.807, 2.05) is 38.1 Å². The van der Waals surface area contributed by atoms with Gasteiger partial charge in [-0.1, -0.05) is 52.0 Å². The number of pyridine rings is 1. The predicted molar refractivity (Wildman–Crippen MR) is 157 cm³/mol. The maximum atomic E-state index is 12.2. The highest BCUT2D eigenvalue weighted by Crippen LogP contribution is 2.34. The second-order valence-corrected chi connectivity index (χ2v) is 11.5. The summed E-state index contributed by atoms with van der Waals surface area (Å²) in [5, 5.41) is 23.6. The van der Waals surface area contributed by atoms with Crippen molar-refractivity contribution in [1.82, 2.24) is 10.3 Å². The molecule has 0 saturated carbocycles.